The fourth-order valence-corrected chi connectivity index (χ4v) is 4.05. The van der Waals surface area contributed by atoms with E-state index in [0.717, 1.165) is 34.7 Å². The highest BCUT2D eigenvalue weighted by Crippen LogP contribution is 2.30. The molecule has 8 heteroatoms. The Hall–Kier alpha value is -2.58. The SMILES string of the molecule is Cc1nc(-c2ccc(CNC(=O)Cc3csc(NC(=O)C4CC4)n3)cc2)cs1. The summed E-state index contributed by atoms with van der Waals surface area (Å²) in [7, 11) is 0. The van der Waals surface area contributed by atoms with Gasteiger partial charge in [-0.15, -0.1) is 22.7 Å². The van der Waals surface area contributed by atoms with E-state index in [1.54, 1.807) is 11.3 Å². The van der Waals surface area contributed by atoms with Gasteiger partial charge in [0.15, 0.2) is 5.13 Å². The lowest BCUT2D eigenvalue weighted by atomic mass is 10.1. The number of anilines is 1. The molecule has 4 rings (SSSR count). The summed E-state index contributed by atoms with van der Waals surface area (Å²) in [6, 6.07) is 8.04. The molecule has 0 spiro atoms. The van der Waals surface area contributed by atoms with Gasteiger partial charge in [-0.1, -0.05) is 24.3 Å². The summed E-state index contributed by atoms with van der Waals surface area (Å²) in [6.07, 6.45) is 2.11. The van der Waals surface area contributed by atoms with Crippen LogP contribution in [0.5, 0.6) is 0 Å². The van der Waals surface area contributed by atoms with Crippen molar-refractivity contribution in [1.82, 2.24) is 15.3 Å². The molecule has 1 fully saturated rings. The molecule has 1 aliphatic rings. The first kappa shape index (κ1) is 18.8. The monoisotopic (exact) mass is 412 g/mol. The minimum absolute atomic E-state index is 0.0293. The maximum atomic E-state index is 12.2. The van der Waals surface area contributed by atoms with Crippen LogP contribution in [0.15, 0.2) is 35.0 Å². The Morgan fingerprint density at radius 1 is 1.11 bits per heavy atom. The second-order valence-electron chi connectivity index (χ2n) is 6.81. The molecule has 1 aliphatic carbocycles. The lowest BCUT2D eigenvalue weighted by Gasteiger charge is -2.05. The number of rotatable bonds is 7. The molecule has 2 N–H and O–H groups in total. The highest BCUT2D eigenvalue weighted by atomic mass is 32.1. The second kappa shape index (κ2) is 8.20. The molecule has 0 atom stereocenters. The number of aromatic nitrogens is 2. The number of carbonyl (C=O) groups is 2. The molecule has 2 aromatic heterocycles. The molecule has 3 aromatic rings. The van der Waals surface area contributed by atoms with Crippen molar-refractivity contribution >= 4 is 39.6 Å². The zero-order valence-corrected chi connectivity index (χ0v) is 17.0. The fourth-order valence-electron chi connectivity index (χ4n) is 2.72. The zero-order valence-electron chi connectivity index (χ0n) is 15.4. The zero-order chi connectivity index (χ0) is 19.5. The number of aryl methyl sites for hydroxylation is 1. The summed E-state index contributed by atoms with van der Waals surface area (Å²) >= 11 is 2.98. The molecule has 0 saturated heterocycles. The minimum Gasteiger partial charge on any atom is -0.352 e. The maximum absolute atomic E-state index is 12.2. The normalized spacial score (nSPS) is 13.3. The molecular formula is C20H20N4O2S2. The van der Waals surface area contributed by atoms with Crippen molar-refractivity contribution in [2.75, 3.05) is 5.32 Å². The highest BCUT2D eigenvalue weighted by Gasteiger charge is 2.30. The Kier molecular flexibility index (Phi) is 5.50. The van der Waals surface area contributed by atoms with Crippen molar-refractivity contribution in [2.45, 2.75) is 32.7 Å². The van der Waals surface area contributed by atoms with E-state index in [1.165, 1.54) is 11.3 Å². The van der Waals surface area contributed by atoms with Crippen molar-refractivity contribution < 1.29 is 9.59 Å². The summed E-state index contributed by atoms with van der Waals surface area (Å²) < 4.78 is 0. The van der Waals surface area contributed by atoms with Crippen LogP contribution < -0.4 is 10.6 Å². The number of carbonyl (C=O) groups excluding carboxylic acids is 2. The van der Waals surface area contributed by atoms with Crippen molar-refractivity contribution in [3.8, 4) is 11.3 Å². The number of thiazole rings is 2. The lowest BCUT2D eigenvalue weighted by molar-refractivity contribution is -0.120. The average Bonchev–Trinajstić information content (AvgIpc) is 3.32. The number of nitrogens with one attached hydrogen (secondary N) is 2. The van der Waals surface area contributed by atoms with E-state index in [4.69, 9.17) is 0 Å². The number of amides is 2. The van der Waals surface area contributed by atoms with E-state index in [9.17, 15) is 9.59 Å². The van der Waals surface area contributed by atoms with Crippen LogP contribution in [0.1, 0.15) is 29.1 Å². The van der Waals surface area contributed by atoms with Gasteiger partial charge in [0.1, 0.15) is 0 Å². The van der Waals surface area contributed by atoms with Crippen LogP contribution in [0.4, 0.5) is 5.13 Å². The van der Waals surface area contributed by atoms with Gasteiger partial charge in [0.2, 0.25) is 11.8 Å². The molecule has 2 heterocycles. The van der Waals surface area contributed by atoms with Gasteiger partial charge in [0, 0.05) is 28.8 Å². The number of hydrogen-bond donors (Lipinski definition) is 2. The lowest BCUT2D eigenvalue weighted by Crippen LogP contribution is -2.24. The van der Waals surface area contributed by atoms with Gasteiger partial charge >= 0.3 is 0 Å². The summed E-state index contributed by atoms with van der Waals surface area (Å²) in [5.74, 6) is 0.0766. The van der Waals surface area contributed by atoms with Gasteiger partial charge < -0.3 is 10.6 Å². The third-order valence-electron chi connectivity index (χ3n) is 4.43. The van der Waals surface area contributed by atoms with Crippen LogP contribution in [-0.2, 0) is 22.6 Å². The van der Waals surface area contributed by atoms with Gasteiger partial charge in [0.05, 0.1) is 22.8 Å². The van der Waals surface area contributed by atoms with Gasteiger partial charge in [-0.3, -0.25) is 9.59 Å². The first-order valence-corrected chi connectivity index (χ1v) is 10.9. The molecule has 144 valence electrons. The Morgan fingerprint density at radius 3 is 2.57 bits per heavy atom. The summed E-state index contributed by atoms with van der Waals surface area (Å²) in [5, 5.41) is 11.2. The third-order valence-corrected chi connectivity index (χ3v) is 6.01. The highest BCUT2D eigenvalue weighted by molar-refractivity contribution is 7.14. The summed E-state index contributed by atoms with van der Waals surface area (Å²) in [6.45, 7) is 2.45. The van der Waals surface area contributed by atoms with E-state index in [0.29, 0.717) is 17.4 Å². The topological polar surface area (TPSA) is 84.0 Å². The summed E-state index contributed by atoms with van der Waals surface area (Å²) in [5.41, 5.74) is 3.75. The first-order chi connectivity index (χ1) is 13.6. The number of nitrogens with zero attached hydrogens (tertiary/aromatic N) is 2. The molecule has 2 amide bonds. The number of benzene rings is 1. The predicted octanol–water partition coefficient (Wildman–Crippen LogP) is 3.78. The van der Waals surface area contributed by atoms with Crippen molar-refractivity contribution in [3.05, 3.63) is 51.3 Å². The molecule has 0 unspecified atom stereocenters. The smallest absolute Gasteiger partial charge is 0.229 e. The van der Waals surface area contributed by atoms with E-state index < -0.39 is 0 Å². The van der Waals surface area contributed by atoms with Gasteiger partial charge in [-0.05, 0) is 25.3 Å². The first-order valence-electron chi connectivity index (χ1n) is 9.10. The Bertz CT molecular complexity index is 990. The maximum Gasteiger partial charge on any atom is 0.229 e. The molecule has 0 aliphatic heterocycles. The fraction of sp³-hybridized carbons (Fsp3) is 0.300. The Morgan fingerprint density at radius 2 is 1.89 bits per heavy atom. The van der Waals surface area contributed by atoms with Crippen LogP contribution in [0.3, 0.4) is 0 Å². The molecule has 1 aromatic carbocycles. The van der Waals surface area contributed by atoms with E-state index in [-0.39, 0.29) is 24.2 Å². The molecule has 0 bridgehead atoms. The standard InChI is InChI=1S/C20H20N4O2S2/c1-12-22-17(11-27-12)14-4-2-13(3-5-14)9-21-18(25)8-16-10-28-20(23-16)24-19(26)15-6-7-15/h2-5,10-11,15H,6-9H2,1H3,(H,21,25)(H,23,24,26). The van der Waals surface area contributed by atoms with Crippen molar-refractivity contribution in [3.63, 3.8) is 0 Å². The molecule has 0 radical (unpaired) electrons. The van der Waals surface area contributed by atoms with Crippen LogP contribution in [0.2, 0.25) is 0 Å². The van der Waals surface area contributed by atoms with E-state index in [1.807, 2.05) is 41.9 Å². The summed E-state index contributed by atoms with van der Waals surface area (Å²) in [4.78, 5) is 32.7. The number of hydrogen-bond acceptors (Lipinski definition) is 6. The van der Waals surface area contributed by atoms with Gasteiger partial charge in [0.25, 0.3) is 0 Å². The third kappa shape index (κ3) is 4.82. The molecular weight excluding hydrogens is 392 g/mol. The van der Waals surface area contributed by atoms with Crippen molar-refractivity contribution in [1.29, 1.82) is 0 Å². The van der Waals surface area contributed by atoms with Crippen LogP contribution in [-0.4, -0.2) is 21.8 Å². The molecule has 1 saturated carbocycles. The van der Waals surface area contributed by atoms with E-state index in [2.05, 4.69) is 20.6 Å². The second-order valence-corrected chi connectivity index (χ2v) is 8.73. The molecule has 28 heavy (non-hydrogen) atoms. The minimum atomic E-state index is -0.0930. The van der Waals surface area contributed by atoms with Gasteiger partial charge in [-0.2, -0.15) is 0 Å². The average molecular weight is 413 g/mol. The van der Waals surface area contributed by atoms with E-state index >= 15 is 0 Å². The quantitative estimate of drug-likeness (QED) is 0.618. The Labute approximate surface area is 171 Å². The van der Waals surface area contributed by atoms with Crippen LogP contribution >= 0.6 is 22.7 Å². The Balaban J connectivity index is 1.26. The van der Waals surface area contributed by atoms with Crippen molar-refractivity contribution in [2.24, 2.45) is 5.92 Å². The van der Waals surface area contributed by atoms with Crippen LogP contribution in [0.25, 0.3) is 11.3 Å². The molecule has 6 nitrogen and oxygen atoms in total. The van der Waals surface area contributed by atoms with Gasteiger partial charge in [-0.25, -0.2) is 9.97 Å². The predicted molar refractivity (Wildman–Crippen MR) is 111 cm³/mol. The largest absolute Gasteiger partial charge is 0.352 e. The van der Waals surface area contributed by atoms with Crippen LogP contribution in [0, 0.1) is 12.8 Å².